The van der Waals surface area contributed by atoms with E-state index in [2.05, 4.69) is 10.1 Å². The maximum Gasteiger partial charge on any atom is 0.337 e. The van der Waals surface area contributed by atoms with Crippen molar-refractivity contribution in [3.05, 3.63) is 29.8 Å². The van der Waals surface area contributed by atoms with E-state index in [4.69, 9.17) is 4.74 Å². The summed E-state index contributed by atoms with van der Waals surface area (Å²) in [6.07, 6.45) is 0. The number of carbonyl (C=O) groups excluding carboxylic acids is 2. The van der Waals surface area contributed by atoms with Crippen LogP contribution < -0.4 is 10.1 Å². The Bertz CT molecular complexity index is 386. The van der Waals surface area contributed by atoms with Gasteiger partial charge in [-0.25, -0.2) is 4.79 Å². The van der Waals surface area contributed by atoms with Crippen molar-refractivity contribution in [2.24, 2.45) is 0 Å². The quantitative estimate of drug-likeness (QED) is 0.612. The van der Waals surface area contributed by atoms with Crippen molar-refractivity contribution in [2.75, 3.05) is 20.3 Å². The average molecular weight is 237 g/mol. The Balaban J connectivity index is 2.40. The maximum absolute atomic E-state index is 11.1. The number of esters is 1. The lowest BCUT2D eigenvalue weighted by Crippen LogP contribution is -2.25. The number of hydrogen-bond donors (Lipinski definition) is 1. The Morgan fingerprint density at radius 1 is 1.24 bits per heavy atom. The minimum absolute atomic E-state index is 0.0883. The van der Waals surface area contributed by atoms with Gasteiger partial charge >= 0.3 is 5.97 Å². The first-order valence-corrected chi connectivity index (χ1v) is 5.19. The first-order chi connectivity index (χ1) is 8.13. The monoisotopic (exact) mass is 237 g/mol. The molecule has 0 aliphatic carbocycles. The predicted molar refractivity (Wildman–Crippen MR) is 62.0 cm³/mol. The standard InChI is InChI=1S/C12H15NO4/c1-9(14)13-7-8-17-11-5-3-10(4-6-11)12(15)16-2/h3-6H,7-8H2,1-2H3,(H,13,14). The van der Waals surface area contributed by atoms with Crippen LogP contribution >= 0.6 is 0 Å². The van der Waals surface area contributed by atoms with Crippen LogP contribution in [0.3, 0.4) is 0 Å². The van der Waals surface area contributed by atoms with E-state index in [0.29, 0.717) is 24.5 Å². The summed E-state index contributed by atoms with van der Waals surface area (Å²) in [6.45, 7) is 2.29. The molecule has 0 aromatic heterocycles. The zero-order chi connectivity index (χ0) is 12.7. The molecule has 0 atom stereocenters. The van der Waals surface area contributed by atoms with Crippen molar-refractivity contribution >= 4 is 11.9 Å². The van der Waals surface area contributed by atoms with Gasteiger partial charge in [-0.2, -0.15) is 0 Å². The number of carbonyl (C=O) groups is 2. The lowest BCUT2D eigenvalue weighted by atomic mass is 10.2. The van der Waals surface area contributed by atoms with Crippen LogP contribution in [0.15, 0.2) is 24.3 Å². The van der Waals surface area contributed by atoms with Crippen LogP contribution in [-0.4, -0.2) is 32.1 Å². The highest BCUT2D eigenvalue weighted by Gasteiger charge is 2.04. The first kappa shape index (κ1) is 13.0. The van der Waals surface area contributed by atoms with Crippen molar-refractivity contribution in [2.45, 2.75) is 6.92 Å². The van der Waals surface area contributed by atoms with Crippen LogP contribution in [0, 0.1) is 0 Å². The Hall–Kier alpha value is -2.04. The maximum atomic E-state index is 11.1. The van der Waals surface area contributed by atoms with Gasteiger partial charge in [0.2, 0.25) is 5.91 Å². The molecule has 0 radical (unpaired) electrons. The minimum Gasteiger partial charge on any atom is -0.492 e. The summed E-state index contributed by atoms with van der Waals surface area (Å²) < 4.78 is 9.93. The van der Waals surface area contributed by atoms with Gasteiger partial charge in [0, 0.05) is 6.92 Å². The van der Waals surface area contributed by atoms with Crippen LogP contribution in [0.5, 0.6) is 5.75 Å². The molecule has 0 aliphatic rings. The number of amides is 1. The molecule has 0 unspecified atom stereocenters. The normalized spacial score (nSPS) is 9.53. The molecule has 0 heterocycles. The molecule has 1 aromatic rings. The van der Waals surface area contributed by atoms with E-state index in [9.17, 15) is 9.59 Å². The summed E-state index contributed by atoms with van der Waals surface area (Å²) in [6, 6.07) is 6.61. The van der Waals surface area contributed by atoms with Gasteiger partial charge in [-0.05, 0) is 24.3 Å². The van der Waals surface area contributed by atoms with Gasteiger partial charge in [0.1, 0.15) is 12.4 Å². The third-order valence-corrected chi connectivity index (χ3v) is 2.02. The van der Waals surface area contributed by atoms with Gasteiger partial charge in [-0.1, -0.05) is 0 Å². The summed E-state index contributed by atoms with van der Waals surface area (Å²) in [7, 11) is 1.33. The molecule has 5 nitrogen and oxygen atoms in total. The molecule has 0 saturated carbocycles. The molecule has 1 rings (SSSR count). The second-order valence-corrected chi connectivity index (χ2v) is 3.35. The minimum atomic E-state index is -0.380. The topological polar surface area (TPSA) is 64.6 Å². The SMILES string of the molecule is COC(=O)c1ccc(OCCNC(C)=O)cc1. The first-order valence-electron chi connectivity index (χ1n) is 5.19. The Morgan fingerprint density at radius 2 is 1.88 bits per heavy atom. The summed E-state index contributed by atoms with van der Waals surface area (Å²) in [5, 5.41) is 2.62. The van der Waals surface area contributed by atoms with Gasteiger partial charge in [0.25, 0.3) is 0 Å². The highest BCUT2D eigenvalue weighted by molar-refractivity contribution is 5.89. The smallest absolute Gasteiger partial charge is 0.337 e. The molecule has 0 fully saturated rings. The number of hydrogen-bond acceptors (Lipinski definition) is 4. The molecular formula is C12H15NO4. The van der Waals surface area contributed by atoms with Crippen LogP contribution in [0.1, 0.15) is 17.3 Å². The molecular weight excluding hydrogens is 222 g/mol. The van der Waals surface area contributed by atoms with Crippen LogP contribution in [0.4, 0.5) is 0 Å². The number of ether oxygens (including phenoxy) is 2. The Labute approximate surface area is 99.7 Å². The summed E-state index contributed by atoms with van der Waals surface area (Å²) in [5.41, 5.74) is 0.474. The van der Waals surface area contributed by atoms with Gasteiger partial charge in [0.05, 0.1) is 19.2 Å². The van der Waals surface area contributed by atoms with Crippen molar-refractivity contribution in [1.29, 1.82) is 0 Å². The zero-order valence-corrected chi connectivity index (χ0v) is 9.86. The molecule has 1 amide bonds. The molecule has 1 N–H and O–H groups in total. The largest absolute Gasteiger partial charge is 0.492 e. The molecule has 0 aliphatic heterocycles. The van der Waals surface area contributed by atoms with Gasteiger partial charge < -0.3 is 14.8 Å². The Morgan fingerprint density at radius 3 is 2.41 bits per heavy atom. The molecule has 1 aromatic carbocycles. The van der Waals surface area contributed by atoms with Gasteiger partial charge in [-0.15, -0.1) is 0 Å². The van der Waals surface area contributed by atoms with Crippen molar-refractivity contribution in [1.82, 2.24) is 5.32 Å². The lowest BCUT2D eigenvalue weighted by Gasteiger charge is -2.07. The molecule has 0 bridgehead atoms. The number of benzene rings is 1. The van der Waals surface area contributed by atoms with E-state index in [1.54, 1.807) is 24.3 Å². The summed E-state index contributed by atoms with van der Waals surface area (Å²) in [4.78, 5) is 21.7. The van der Waals surface area contributed by atoms with Crippen LogP contribution in [0.25, 0.3) is 0 Å². The molecule has 0 spiro atoms. The fourth-order valence-electron chi connectivity index (χ4n) is 1.20. The summed E-state index contributed by atoms with van der Waals surface area (Å²) >= 11 is 0. The van der Waals surface area contributed by atoms with E-state index in [1.165, 1.54) is 14.0 Å². The van der Waals surface area contributed by atoms with Gasteiger partial charge in [0.15, 0.2) is 0 Å². The lowest BCUT2D eigenvalue weighted by molar-refractivity contribution is -0.119. The van der Waals surface area contributed by atoms with Crippen LogP contribution in [-0.2, 0) is 9.53 Å². The third-order valence-electron chi connectivity index (χ3n) is 2.02. The number of methoxy groups -OCH3 is 1. The molecule has 17 heavy (non-hydrogen) atoms. The van der Waals surface area contributed by atoms with E-state index in [1.807, 2.05) is 0 Å². The van der Waals surface area contributed by atoms with E-state index >= 15 is 0 Å². The molecule has 92 valence electrons. The van der Waals surface area contributed by atoms with Gasteiger partial charge in [-0.3, -0.25) is 4.79 Å². The van der Waals surface area contributed by atoms with Crippen LogP contribution in [0.2, 0.25) is 0 Å². The number of nitrogens with one attached hydrogen (secondary N) is 1. The molecule has 5 heteroatoms. The fourth-order valence-corrected chi connectivity index (χ4v) is 1.20. The zero-order valence-electron chi connectivity index (χ0n) is 9.86. The average Bonchev–Trinajstić information content (AvgIpc) is 2.34. The molecule has 0 saturated heterocycles. The second kappa shape index (κ2) is 6.52. The second-order valence-electron chi connectivity index (χ2n) is 3.35. The highest BCUT2D eigenvalue weighted by atomic mass is 16.5. The number of rotatable bonds is 5. The van der Waals surface area contributed by atoms with Crippen molar-refractivity contribution in [3.8, 4) is 5.75 Å². The van der Waals surface area contributed by atoms with E-state index in [0.717, 1.165) is 0 Å². The Kier molecular flexibility index (Phi) is 5.00. The fraction of sp³-hybridized carbons (Fsp3) is 0.333. The van der Waals surface area contributed by atoms with E-state index in [-0.39, 0.29) is 11.9 Å². The highest BCUT2D eigenvalue weighted by Crippen LogP contribution is 2.12. The predicted octanol–water partition coefficient (Wildman–Crippen LogP) is 0.988. The van der Waals surface area contributed by atoms with Crippen molar-refractivity contribution < 1.29 is 19.1 Å². The van der Waals surface area contributed by atoms with Crippen molar-refractivity contribution in [3.63, 3.8) is 0 Å². The summed E-state index contributed by atoms with van der Waals surface area (Å²) in [5.74, 6) is 0.174. The van der Waals surface area contributed by atoms with E-state index < -0.39 is 0 Å². The third kappa shape index (κ3) is 4.55.